The maximum Gasteiger partial charge on any atom is 0.161 e. The van der Waals surface area contributed by atoms with E-state index in [9.17, 15) is 0 Å². The Morgan fingerprint density at radius 2 is 1.57 bits per heavy atom. The fourth-order valence-electron chi connectivity index (χ4n) is 2.16. The first-order valence-corrected chi connectivity index (χ1v) is 7.33. The lowest BCUT2D eigenvalue weighted by Crippen LogP contribution is -2.23. The summed E-state index contributed by atoms with van der Waals surface area (Å²) in [4.78, 5) is 0. The Labute approximate surface area is 126 Å². The highest BCUT2D eigenvalue weighted by atomic mass is 16.5. The van der Waals surface area contributed by atoms with Crippen LogP contribution in [0.5, 0.6) is 11.5 Å². The van der Waals surface area contributed by atoms with Crippen LogP contribution in [0.15, 0.2) is 48.5 Å². The zero-order valence-corrected chi connectivity index (χ0v) is 12.9. The molecule has 0 aliphatic rings. The molecule has 0 spiro atoms. The number of likely N-dealkylation sites (N-methyl/N-ethyl adjacent to an activating group) is 1. The standard InChI is InChI=1S/C18H23NO2/c1-4-20-17-7-5-6-8-18(17)21-13-16(19-3)15-11-9-14(2)10-12-15/h5-12,16,19H,4,13H2,1-3H3. The molecular formula is C18H23NO2. The molecule has 1 atom stereocenters. The third kappa shape index (κ3) is 4.23. The van der Waals surface area contributed by atoms with Crippen molar-refractivity contribution in [3.63, 3.8) is 0 Å². The van der Waals surface area contributed by atoms with Crippen molar-refractivity contribution in [1.82, 2.24) is 5.32 Å². The molecule has 0 aliphatic heterocycles. The molecule has 2 rings (SSSR count). The van der Waals surface area contributed by atoms with Gasteiger partial charge >= 0.3 is 0 Å². The summed E-state index contributed by atoms with van der Waals surface area (Å²) >= 11 is 0. The normalized spacial score (nSPS) is 12.0. The van der Waals surface area contributed by atoms with Gasteiger partial charge in [-0.25, -0.2) is 0 Å². The Bertz CT molecular complexity index is 551. The van der Waals surface area contributed by atoms with Crippen LogP contribution in [0.2, 0.25) is 0 Å². The van der Waals surface area contributed by atoms with E-state index >= 15 is 0 Å². The van der Waals surface area contributed by atoms with E-state index in [1.165, 1.54) is 11.1 Å². The number of para-hydroxylation sites is 2. The van der Waals surface area contributed by atoms with E-state index in [0.717, 1.165) is 11.5 Å². The maximum absolute atomic E-state index is 5.94. The molecule has 3 nitrogen and oxygen atoms in total. The first kappa shape index (κ1) is 15.4. The van der Waals surface area contributed by atoms with E-state index in [1.54, 1.807) is 0 Å². The molecule has 1 unspecified atom stereocenters. The van der Waals surface area contributed by atoms with Crippen molar-refractivity contribution in [3.8, 4) is 11.5 Å². The zero-order chi connectivity index (χ0) is 15.1. The van der Waals surface area contributed by atoms with Crippen LogP contribution in [0.4, 0.5) is 0 Å². The summed E-state index contributed by atoms with van der Waals surface area (Å²) in [6.45, 7) is 5.25. The van der Waals surface area contributed by atoms with E-state index in [4.69, 9.17) is 9.47 Å². The zero-order valence-electron chi connectivity index (χ0n) is 12.9. The largest absolute Gasteiger partial charge is 0.490 e. The number of ether oxygens (including phenoxy) is 2. The van der Waals surface area contributed by atoms with Gasteiger partial charge in [0.2, 0.25) is 0 Å². The van der Waals surface area contributed by atoms with Crippen molar-refractivity contribution >= 4 is 0 Å². The highest BCUT2D eigenvalue weighted by Crippen LogP contribution is 2.27. The molecule has 21 heavy (non-hydrogen) atoms. The Hall–Kier alpha value is -2.00. The van der Waals surface area contributed by atoms with Crippen LogP contribution in [0, 0.1) is 6.92 Å². The summed E-state index contributed by atoms with van der Waals surface area (Å²) in [5.41, 5.74) is 2.48. The van der Waals surface area contributed by atoms with Gasteiger partial charge in [-0.2, -0.15) is 0 Å². The number of hydrogen-bond donors (Lipinski definition) is 1. The first-order valence-electron chi connectivity index (χ1n) is 7.33. The summed E-state index contributed by atoms with van der Waals surface area (Å²) < 4.78 is 11.5. The Balaban J connectivity index is 2.05. The highest BCUT2D eigenvalue weighted by Gasteiger charge is 2.11. The van der Waals surface area contributed by atoms with Crippen LogP contribution < -0.4 is 14.8 Å². The van der Waals surface area contributed by atoms with Gasteiger partial charge in [-0.1, -0.05) is 42.0 Å². The van der Waals surface area contributed by atoms with Crippen molar-refractivity contribution in [2.75, 3.05) is 20.3 Å². The molecule has 2 aromatic carbocycles. The molecule has 2 aromatic rings. The average molecular weight is 285 g/mol. The van der Waals surface area contributed by atoms with Crippen LogP contribution in [-0.4, -0.2) is 20.3 Å². The minimum absolute atomic E-state index is 0.153. The number of aryl methyl sites for hydroxylation is 1. The second-order valence-corrected chi connectivity index (χ2v) is 4.94. The van der Waals surface area contributed by atoms with Crippen LogP contribution >= 0.6 is 0 Å². The van der Waals surface area contributed by atoms with Crippen molar-refractivity contribution in [1.29, 1.82) is 0 Å². The third-order valence-corrected chi connectivity index (χ3v) is 3.38. The second kappa shape index (κ2) is 7.70. The SMILES string of the molecule is CCOc1ccccc1OCC(NC)c1ccc(C)cc1. The number of benzene rings is 2. The van der Waals surface area contributed by atoms with Crippen molar-refractivity contribution in [2.24, 2.45) is 0 Å². The Morgan fingerprint density at radius 1 is 0.952 bits per heavy atom. The fourth-order valence-corrected chi connectivity index (χ4v) is 2.16. The van der Waals surface area contributed by atoms with Gasteiger partial charge in [0.05, 0.1) is 12.6 Å². The topological polar surface area (TPSA) is 30.5 Å². The van der Waals surface area contributed by atoms with Crippen LogP contribution in [0.1, 0.15) is 24.1 Å². The molecule has 0 radical (unpaired) electrons. The molecule has 3 heteroatoms. The van der Waals surface area contributed by atoms with E-state index in [-0.39, 0.29) is 6.04 Å². The highest BCUT2D eigenvalue weighted by molar-refractivity contribution is 5.39. The lowest BCUT2D eigenvalue weighted by atomic mass is 10.1. The minimum Gasteiger partial charge on any atom is -0.490 e. The van der Waals surface area contributed by atoms with Gasteiger partial charge in [0.25, 0.3) is 0 Å². The average Bonchev–Trinajstić information content (AvgIpc) is 2.51. The number of hydrogen-bond acceptors (Lipinski definition) is 3. The lowest BCUT2D eigenvalue weighted by Gasteiger charge is -2.19. The molecule has 0 amide bonds. The quantitative estimate of drug-likeness (QED) is 0.840. The summed E-state index contributed by atoms with van der Waals surface area (Å²) in [5.74, 6) is 1.57. The van der Waals surface area contributed by atoms with Crippen molar-refractivity contribution < 1.29 is 9.47 Å². The fraction of sp³-hybridized carbons (Fsp3) is 0.333. The predicted molar refractivity (Wildman–Crippen MR) is 86.1 cm³/mol. The predicted octanol–water partition coefficient (Wildman–Crippen LogP) is 3.73. The molecule has 0 saturated carbocycles. The number of nitrogens with one attached hydrogen (secondary N) is 1. The number of rotatable bonds is 7. The van der Waals surface area contributed by atoms with Gasteiger partial charge < -0.3 is 14.8 Å². The van der Waals surface area contributed by atoms with E-state index in [2.05, 4.69) is 36.5 Å². The van der Waals surface area contributed by atoms with Crippen LogP contribution in [0.25, 0.3) is 0 Å². The first-order chi connectivity index (χ1) is 10.2. The molecule has 0 aromatic heterocycles. The van der Waals surface area contributed by atoms with Crippen LogP contribution in [-0.2, 0) is 0 Å². The maximum atomic E-state index is 5.94. The summed E-state index contributed by atoms with van der Waals surface area (Å²) in [7, 11) is 1.95. The monoisotopic (exact) mass is 285 g/mol. The molecule has 0 fully saturated rings. The Kier molecular flexibility index (Phi) is 5.64. The van der Waals surface area contributed by atoms with E-state index in [1.807, 2.05) is 38.2 Å². The molecule has 0 heterocycles. The molecule has 0 saturated heterocycles. The smallest absolute Gasteiger partial charge is 0.161 e. The van der Waals surface area contributed by atoms with Gasteiger partial charge in [0, 0.05) is 0 Å². The third-order valence-electron chi connectivity index (χ3n) is 3.38. The lowest BCUT2D eigenvalue weighted by molar-refractivity contribution is 0.250. The van der Waals surface area contributed by atoms with Crippen molar-refractivity contribution in [2.45, 2.75) is 19.9 Å². The van der Waals surface area contributed by atoms with Gasteiger partial charge in [0.1, 0.15) is 6.61 Å². The van der Waals surface area contributed by atoms with Gasteiger partial charge in [-0.05, 0) is 38.6 Å². The Morgan fingerprint density at radius 3 is 2.14 bits per heavy atom. The molecule has 1 N–H and O–H groups in total. The summed E-state index contributed by atoms with van der Waals surface area (Å²) in [6.07, 6.45) is 0. The van der Waals surface area contributed by atoms with E-state index in [0.29, 0.717) is 13.2 Å². The minimum atomic E-state index is 0.153. The molecule has 0 aliphatic carbocycles. The van der Waals surface area contributed by atoms with Gasteiger partial charge in [-0.15, -0.1) is 0 Å². The second-order valence-electron chi connectivity index (χ2n) is 4.94. The van der Waals surface area contributed by atoms with Gasteiger partial charge in [0.15, 0.2) is 11.5 Å². The van der Waals surface area contributed by atoms with E-state index < -0.39 is 0 Å². The molecule has 112 valence electrons. The van der Waals surface area contributed by atoms with Crippen molar-refractivity contribution in [3.05, 3.63) is 59.7 Å². The summed E-state index contributed by atoms with van der Waals surface area (Å²) in [5, 5.41) is 3.29. The summed E-state index contributed by atoms with van der Waals surface area (Å²) in [6, 6.07) is 16.4. The van der Waals surface area contributed by atoms with Crippen LogP contribution in [0.3, 0.4) is 0 Å². The molecular weight excluding hydrogens is 262 g/mol. The van der Waals surface area contributed by atoms with Gasteiger partial charge in [-0.3, -0.25) is 0 Å². The molecule has 0 bridgehead atoms.